The molecule has 0 radical (unpaired) electrons. The highest BCUT2D eigenvalue weighted by atomic mass is 16.6. The maximum absolute atomic E-state index is 11.2. The van der Waals surface area contributed by atoms with Crippen LogP contribution in [0.15, 0.2) is 37.2 Å². The summed E-state index contributed by atoms with van der Waals surface area (Å²) >= 11 is 0. The van der Waals surface area contributed by atoms with Gasteiger partial charge in [-0.25, -0.2) is 19.1 Å². The summed E-state index contributed by atoms with van der Waals surface area (Å²) in [5, 5.41) is 0. The first-order valence-corrected chi connectivity index (χ1v) is 19.5. The van der Waals surface area contributed by atoms with Crippen LogP contribution in [0.4, 0.5) is 0 Å². The number of imidazole rings is 1. The Labute approximate surface area is 297 Å². The second kappa shape index (κ2) is 31.4. The standard InChI is InChI=1S/C39H69N4O6/c1-3-4-5-6-7-8-9-10-11-12-13-14-15-16-17-21-30-47-34-37(49-39-40-24-22-25-41-39)35-48-33-32-46-31-29-43-28-27-42(36-43)26-20-18-19-23-38(44)45-2/h22,24-25,27-28,36-37H,3-21,23,26,29-35H2,1-2H3/q+1. The molecule has 0 aliphatic heterocycles. The highest BCUT2D eigenvalue weighted by Crippen LogP contribution is 2.14. The zero-order valence-electron chi connectivity index (χ0n) is 31.1. The summed E-state index contributed by atoms with van der Waals surface area (Å²) in [4.78, 5) is 19.6. The van der Waals surface area contributed by atoms with Crippen molar-refractivity contribution >= 4 is 5.97 Å². The molecule has 2 rings (SSSR count). The Morgan fingerprint density at radius 1 is 0.714 bits per heavy atom. The maximum atomic E-state index is 11.2. The summed E-state index contributed by atoms with van der Waals surface area (Å²) in [7, 11) is 1.43. The summed E-state index contributed by atoms with van der Waals surface area (Å²) in [6, 6.07) is 2.11. The number of methoxy groups -OCH3 is 1. The molecule has 0 saturated carbocycles. The normalized spacial score (nSPS) is 12.0. The number of carbonyl (C=O) groups is 1. The Bertz CT molecular complexity index is 1010. The third kappa shape index (κ3) is 25.1. The summed E-state index contributed by atoms with van der Waals surface area (Å²) in [6.07, 6.45) is 34.5. The van der Waals surface area contributed by atoms with Crippen molar-refractivity contribution in [2.75, 3.05) is 46.8 Å². The average Bonchev–Trinajstić information content (AvgIpc) is 3.58. The average molecular weight is 690 g/mol. The van der Waals surface area contributed by atoms with E-state index in [0.29, 0.717) is 45.5 Å². The molecule has 1 unspecified atom stereocenters. The van der Waals surface area contributed by atoms with Crippen molar-refractivity contribution < 1.29 is 33.0 Å². The Morgan fingerprint density at radius 2 is 1.29 bits per heavy atom. The summed E-state index contributed by atoms with van der Waals surface area (Å²) in [5.74, 6) is -0.135. The molecule has 2 aromatic rings. The van der Waals surface area contributed by atoms with E-state index in [1.807, 2.05) is 0 Å². The van der Waals surface area contributed by atoms with E-state index in [1.165, 1.54) is 103 Å². The Morgan fingerprint density at radius 3 is 1.92 bits per heavy atom. The number of esters is 1. The zero-order chi connectivity index (χ0) is 34.9. The van der Waals surface area contributed by atoms with Crippen LogP contribution >= 0.6 is 0 Å². The second-order valence-corrected chi connectivity index (χ2v) is 13.1. The van der Waals surface area contributed by atoms with Gasteiger partial charge >= 0.3 is 12.0 Å². The van der Waals surface area contributed by atoms with Gasteiger partial charge in [-0.15, -0.1) is 0 Å². The van der Waals surface area contributed by atoms with E-state index in [2.05, 4.69) is 49.5 Å². The summed E-state index contributed by atoms with van der Waals surface area (Å²) in [5.41, 5.74) is 0. The van der Waals surface area contributed by atoms with E-state index in [-0.39, 0.29) is 12.1 Å². The molecule has 0 aromatic carbocycles. The topological polar surface area (TPSA) is 97.8 Å². The predicted molar refractivity (Wildman–Crippen MR) is 194 cm³/mol. The number of hydrogen-bond acceptors (Lipinski definition) is 8. The van der Waals surface area contributed by atoms with Crippen LogP contribution in [-0.2, 0) is 36.8 Å². The van der Waals surface area contributed by atoms with Crippen LogP contribution in [-0.4, -0.2) is 73.4 Å². The smallest absolute Gasteiger partial charge is 0.316 e. The number of carbonyl (C=O) groups excluding carboxylic acids is 1. The summed E-state index contributed by atoms with van der Waals surface area (Å²) in [6.45, 7) is 7.15. The van der Waals surface area contributed by atoms with Gasteiger partial charge in [0, 0.05) is 25.4 Å². The van der Waals surface area contributed by atoms with E-state index >= 15 is 0 Å². The van der Waals surface area contributed by atoms with Gasteiger partial charge in [0.15, 0.2) is 0 Å². The lowest BCUT2D eigenvalue weighted by Gasteiger charge is -2.18. The fourth-order valence-corrected chi connectivity index (χ4v) is 5.73. The fraction of sp³-hybridized carbons (Fsp3) is 0.795. The molecule has 0 bridgehead atoms. The number of aromatic nitrogens is 4. The molecule has 49 heavy (non-hydrogen) atoms. The number of hydrogen-bond donors (Lipinski definition) is 0. The van der Waals surface area contributed by atoms with Crippen LogP contribution in [0.1, 0.15) is 135 Å². The van der Waals surface area contributed by atoms with Crippen LogP contribution in [0.5, 0.6) is 6.01 Å². The lowest BCUT2D eigenvalue weighted by molar-refractivity contribution is -0.696. The minimum absolute atomic E-state index is 0.135. The van der Waals surface area contributed by atoms with Gasteiger partial charge in [-0.2, -0.15) is 0 Å². The third-order valence-electron chi connectivity index (χ3n) is 8.70. The molecule has 0 amide bonds. The molecule has 0 N–H and O–H groups in total. The quantitative estimate of drug-likeness (QED) is 0.0407. The fourth-order valence-electron chi connectivity index (χ4n) is 5.73. The predicted octanol–water partition coefficient (Wildman–Crippen LogP) is 8.06. The molecule has 0 fully saturated rings. The van der Waals surface area contributed by atoms with Gasteiger partial charge < -0.3 is 23.7 Å². The SMILES string of the molecule is CCCCCCCCCCCCCCCCCCOCC(COCCOCCn1cc[n+](CCCCCC(=O)OC)c1)Oc1ncccn1. The molecule has 0 saturated heterocycles. The number of aryl methyl sites for hydroxylation is 1. The van der Waals surface area contributed by atoms with Crippen molar-refractivity contribution in [1.29, 1.82) is 0 Å². The van der Waals surface area contributed by atoms with Gasteiger partial charge in [0.2, 0.25) is 6.33 Å². The summed E-state index contributed by atoms with van der Waals surface area (Å²) < 4.78 is 32.6. The van der Waals surface area contributed by atoms with Crippen LogP contribution < -0.4 is 9.30 Å². The van der Waals surface area contributed by atoms with Gasteiger partial charge in [-0.1, -0.05) is 103 Å². The second-order valence-electron chi connectivity index (χ2n) is 13.1. The molecule has 2 aromatic heterocycles. The molecule has 0 aliphatic carbocycles. The maximum Gasteiger partial charge on any atom is 0.316 e. The van der Waals surface area contributed by atoms with Crippen molar-refractivity contribution in [2.24, 2.45) is 0 Å². The van der Waals surface area contributed by atoms with E-state index < -0.39 is 0 Å². The van der Waals surface area contributed by atoms with Crippen molar-refractivity contribution in [2.45, 2.75) is 155 Å². The number of unbranched alkanes of at least 4 members (excludes halogenated alkanes) is 17. The lowest BCUT2D eigenvalue weighted by atomic mass is 10.0. The molecule has 10 nitrogen and oxygen atoms in total. The zero-order valence-corrected chi connectivity index (χ0v) is 31.1. The van der Waals surface area contributed by atoms with Crippen LogP contribution in [0, 0.1) is 0 Å². The molecular weight excluding hydrogens is 620 g/mol. The molecule has 2 heterocycles. The van der Waals surface area contributed by atoms with Gasteiger partial charge in [-0.3, -0.25) is 4.79 Å². The number of nitrogens with zero attached hydrogens (tertiary/aromatic N) is 4. The van der Waals surface area contributed by atoms with E-state index in [9.17, 15) is 4.79 Å². The molecule has 0 aliphatic rings. The first-order chi connectivity index (χ1) is 24.2. The first-order valence-electron chi connectivity index (χ1n) is 19.5. The molecule has 10 heteroatoms. The molecule has 0 spiro atoms. The van der Waals surface area contributed by atoms with Crippen LogP contribution in [0.2, 0.25) is 0 Å². The first kappa shape index (κ1) is 42.6. The Balaban J connectivity index is 1.45. The minimum Gasteiger partial charge on any atom is -0.469 e. The van der Waals surface area contributed by atoms with Gasteiger partial charge in [0.1, 0.15) is 25.0 Å². The van der Waals surface area contributed by atoms with Gasteiger partial charge in [-0.05, 0) is 31.7 Å². The van der Waals surface area contributed by atoms with Gasteiger partial charge in [0.05, 0.1) is 46.7 Å². The molecule has 280 valence electrons. The highest BCUT2D eigenvalue weighted by molar-refractivity contribution is 5.68. The van der Waals surface area contributed by atoms with E-state index in [1.54, 1.807) is 18.5 Å². The van der Waals surface area contributed by atoms with Crippen molar-refractivity contribution in [3.05, 3.63) is 37.2 Å². The van der Waals surface area contributed by atoms with Crippen LogP contribution in [0.25, 0.3) is 0 Å². The van der Waals surface area contributed by atoms with Crippen molar-refractivity contribution in [3.8, 4) is 6.01 Å². The largest absolute Gasteiger partial charge is 0.469 e. The minimum atomic E-state index is -0.278. The van der Waals surface area contributed by atoms with Crippen LogP contribution in [0.3, 0.4) is 0 Å². The van der Waals surface area contributed by atoms with Gasteiger partial charge in [0.25, 0.3) is 0 Å². The lowest BCUT2D eigenvalue weighted by Crippen LogP contribution is -2.31. The number of rotatable bonds is 35. The molecular formula is C39H69N4O6+. The highest BCUT2D eigenvalue weighted by Gasteiger charge is 2.13. The van der Waals surface area contributed by atoms with E-state index in [0.717, 1.165) is 45.4 Å². The van der Waals surface area contributed by atoms with E-state index in [4.69, 9.17) is 18.9 Å². The van der Waals surface area contributed by atoms with Crippen molar-refractivity contribution in [3.63, 3.8) is 0 Å². The monoisotopic (exact) mass is 690 g/mol. The number of ether oxygens (including phenoxy) is 5. The Kier molecular flexibility index (Phi) is 27.3. The molecule has 1 atom stereocenters. The third-order valence-corrected chi connectivity index (χ3v) is 8.70. The Hall–Kier alpha value is -2.56. The van der Waals surface area contributed by atoms with Crippen molar-refractivity contribution in [1.82, 2.24) is 14.5 Å².